The third kappa shape index (κ3) is 5.02. The molecule has 0 spiro atoms. The van der Waals surface area contributed by atoms with Crippen molar-refractivity contribution in [2.75, 3.05) is 12.4 Å². The topological polar surface area (TPSA) is 111 Å². The van der Waals surface area contributed by atoms with Crippen LogP contribution in [0.25, 0.3) is 0 Å². The van der Waals surface area contributed by atoms with Crippen LogP contribution in [0.15, 0.2) is 30.0 Å². The average Bonchev–Trinajstić information content (AvgIpc) is 2.52. The molecular formula is C17H21N3O4. The van der Waals surface area contributed by atoms with Crippen LogP contribution in [0.5, 0.6) is 5.75 Å². The maximum Gasteiger partial charge on any atom is 0.326 e. The molecule has 0 radical (unpaired) electrons. The summed E-state index contributed by atoms with van der Waals surface area (Å²) >= 11 is 0. The molecule has 1 amide bonds. The number of aliphatic carboxylic acids is 1. The van der Waals surface area contributed by atoms with Gasteiger partial charge in [0.2, 0.25) is 0 Å². The lowest BCUT2D eigenvalue weighted by atomic mass is 10.0. The van der Waals surface area contributed by atoms with Crippen molar-refractivity contribution >= 4 is 17.6 Å². The predicted octanol–water partition coefficient (Wildman–Crippen LogP) is 2.05. The van der Waals surface area contributed by atoms with Crippen LogP contribution in [-0.4, -0.2) is 30.1 Å². The smallest absolute Gasteiger partial charge is 0.326 e. The van der Waals surface area contributed by atoms with Gasteiger partial charge in [-0.1, -0.05) is 19.9 Å². The summed E-state index contributed by atoms with van der Waals surface area (Å²) in [7, 11) is 1.51. The molecule has 0 aliphatic rings. The van der Waals surface area contributed by atoms with Crippen LogP contribution in [0, 0.1) is 24.2 Å². The minimum absolute atomic E-state index is 0.231. The summed E-state index contributed by atoms with van der Waals surface area (Å²) in [6.07, 6.45) is 1.23. The molecule has 7 nitrogen and oxygen atoms in total. The highest BCUT2D eigenvalue weighted by atomic mass is 16.5. The van der Waals surface area contributed by atoms with Gasteiger partial charge in [-0.15, -0.1) is 0 Å². The Hall–Kier alpha value is -3.01. The van der Waals surface area contributed by atoms with Gasteiger partial charge in [0.15, 0.2) is 0 Å². The Morgan fingerprint density at radius 3 is 2.54 bits per heavy atom. The second-order valence-corrected chi connectivity index (χ2v) is 5.55. The molecule has 3 N–H and O–H groups in total. The number of amides is 1. The second-order valence-electron chi connectivity index (χ2n) is 5.55. The molecule has 128 valence electrons. The van der Waals surface area contributed by atoms with Gasteiger partial charge in [-0.3, -0.25) is 4.79 Å². The molecule has 1 unspecified atom stereocenters. The third-order valence-electron chi connectivity index (χ3n) is 3.31. The fourth-order valence-corrected chi connectivity index (χ4v) is 1.97. The van der Waals surface area contributed by atoms with Crippen molar-refractivity contribution < 1.29 is 19.4 Å². The molecule has 0 saturated heterocycles. The van der Waals surface area contributed by atoms with Gasteiger partial charge in [-0.2, -0.15) is 5.26 Å². The summed E-state index contributed by atoms with van der Waals surface area (Å²) in [6, 6.07) is 6.12. The minimum Gasteiger partial charge on any atom is -0.495 e. The van der Waals surface area contributed by atoms with E-state index in [0.29, 0.717) is 11.4 Å². The molecule has 0 saturated carbocycles. The lowest BCUT2D eigenvalue weighted by Crippen LogP contribution is -2.44. The zero-order valence-corrected chi connectivity index (χ0v) is 14.1. The van der Waals surface area contributed by atoms with E-state index in [2.05, 4.69) is 10.6 Å². The largest absolute Gasteiger partial charge is 0.495 e. The number of aryl methyl sites for hydroxylation is 1. The Morgan fingerprint density at radius 2 is 2.04 bits per heavy atom. The Kier molecular flexibility index (Phi) is 6.80. The molecule has 0 aromatic heterocycles. The molecule has 24 heavy (non-hydrogen) atoms. The van der Waals surface area contributed by atoms with E-state index in [9.17, 15) is 9.59 Å². The zero-order valence-electron chi connectivity index (χ0n) is 14.1. The van der Waals surface area contributed by atoms with E-state index >= 15 is 0 Å². The molecule has 7 heteroatoms. The summed E-state index contributed by atoms with van der Waals surface area (Å²) in [6.45, 7) is 5.24. The number of carboxylic acids is 1. The number of benzene rings is 1. The number of carbonyl (C=O) groups is 2. The number of nitriles is 1. The molecule has 0 heterocycles. The van der Waals surface area contributed by atoms with Gasteiger partial charge < -0.3 is 20.5 Å². The molecule has 0 bridgehead atoms. The first kappa shape index (κ1) is 19.0. The van der Waals surface area contributed by atoms with Crippen LogP contribution >= 0.6 is 0 Å². The molecule has 1 aromatic rings. The van der Waals surface area contributed by atoms with Gasteiger partial charge in [-0.05, 0) is 30.5 Å². The quantitative estimate of drug-likeness (QED) is 0.521. The van der Waals surface area contributed by atoms with Gasteiger partial charge in [0.1, 0.15) is 23.4 Å². The van der Waals surface area contributed by atoms with Gasteiger partial charge >= 0.3 is 5.97 Å². The van der Waals surface area contributed by atoms with Crippen molar-refractivity contribution in [2.45, 2.75) is 26.8 Å². The molecule has 0 aliphatic carbocycles. The maximum absolute atomic E-state index is 12.1. The van der Waals surface area contributed by atoms with E-state index in [1.807, 2.05) is 13.0 Å². The zero-order chi connectivity index (χ0) is 18.3. The van der Waals surface area contributed by atoms with E-state index in [0.717, 1.165) is 5.56 Å². The van der Waals surface area contributed by atoms with Crippen molar-refractivity contribution in [1.82, 2.24) is 5.32 Å². The first-order chi connectivity index (χ1) is 11.3. The van der Waals surface area contributed by atoms with Crippen LogP contribution in [0.2, 0.25) is 0 Å². The van der Waals surface area contributed by atoms with E-state index in [4.69, 9.17) is 15.1 Å². The summed E-state index contributed by atoms with van der Waals surface area (Å²) in [5.74, 6) is -1.65. The summed E-state index contributed by atoms with van der Waals surface area (Å²) in [5.41, 5.74) is 1.34. The standard InChI is InChI=1S/C17H21N3O4/c1-10(2)15(17(22)23)20-16(21)12(8-18)9-19-13-7-11(3)5-6-14(13)24-4/h5-7,9-10,15,19H,1-4H3,(H,20,21)(H,22,23)/b12-9-. The van der Waals surface area contributed by atoms with E-state index in [-0.39, 0.29) is 11.5 Å². The highest BCUT2D eigenvalue weighted by Crippen LogP contribution is 2.25. The van der Waals surface area contributed by atoms with Crippen molar-refractivity contribution in [2.24, 2.45) is 5.92 Å². The molecular weight excluding hydrogens is 310 g/mol. The molecule has 0 fully saturated rings. The number of carbonyl (C=O) groups excluding carboxylic acids is 1. The summed E-state index contributed by atoms with van der Waals surface area (Å²) < 4.78 is 5.20. The van der Waals surface area contributed by atoms with Gasteiger partial charge in [0.25, 0.3) is 5.91 Å². The van der Waals surface area contributed by atoms with Crippen LogP contribution in [-0.2, 0) is 9.59 Å². The van der Waals surface area contributed by atoms with Crippen molar-refractivity contribution in [1.29, 1.82) is 5.26 Å². The maximum atomic E-state index is 12.1. The molecule has 1 rings (SSSR count). The number of nitrogens with zero attached hydrogens (tertiary/aromatic N) is 1. The Balaban J connectivity index is 2.95. The lowest BCUT2D eigenvalue weighted by Gasteiger charge is -2.17. The Morgan fingerprint density at radius 1 is 1.38 bits per heavy atom. The van der Waals surface area contributed by atoms with E-state index in [1.54, 1.807) is 32.0 Å². The fourth-order valence-electron chi connectivity index (χ4n) is 1.97. The van der Waals surface area contributed by atoms with Crippen LogP contribution in [0.4, 0.5) is 5.69 Å². The number of rotatable bonds is 7. The van der Waals surface area contributed by atoms with Crippen molar-refractivity contribution in [3.63, 3.8) is 0 Å². The fraction of sp³-hybridized carbons (Fsp3) is 0.353. The SMILES string of the molecule is COc1ccc(C)cc1N/C=C(/C#N)C(=O)NC(C(=O)O)C(C)C. The number of ether oxygens (including phenoxy) is 1. The normalized spacial score (nSPS) is 12.2. The molecule has 1 aromatic carbocycles. The molecule has 1 atom stereocenters. The number of carboxylic acid groups (broad SMARTS) is 1. The number of anilines is 1. The predicted molar refractivity (Wildman–Crippen MR) is 89.5 cm³/mol. The summed E-state index contributed by atoms with van der Waals surface area (Å²) in [4.78, 5) is 23.2. The summed E-state index contributed by atoms with van der Waals surface area (Å²) in [5, 5.41) is 23.4. The van der Waals surface area contributed by atoms with Crippen LogP contribution in [0.3, 0.4) is 0 Å². The average molecular weight is 331 g/mol. The van der Waals surface area contributed by atoms with Gasteiger partial charge in [0.05, 0.1) is 12.8 Å². The Bertz CT molecular complexity index is 690. The van der Waals surface area contributed by atoms with E-state index < -0.39 is 17.9 Å². The van der Waals surface area contributed by atoms with Crippen molar-refractivity contribution in [3.05, 3.63) is 35.5 Å². The van der Waals surface area contributed by atoms with E-state index in [1.165, 1.54) is 13.3 Å². The van der Waals surface area contributed by atoms with Gasteiger partial charge in [0, 0.05) is 6.20 Å². The van der Waals surface area contributed by atoms with Crippen LogP contribution < -0.4 is 15.4 Å². The number of hydrogen-bond acceptors (Lipinski definition) is 5. The van der Waals surface area contributed by atoms with Crippen molar-refractivity contribution in [3.8, 4) is 11.8 Å². The number of methoxy groups -OCH3 is 1. The molecule has 0 aliphatic heterocycles. The third-order valence-corrected chi connectivity index (χ3v) is 3.31. The van der Waals surface area contributed by atoms with Gasteiger partial charge in [-0.25, -0.2) is 4.79 Å². The monoisotopic (exact) mass is 331 g/mol. The number of hydrogen-bond donors (Lipinski definition) is 3. The first-order valence-electron chi connectivity index (χ1n) is 7.35. The number of nitrogens with one attached hydrogen (secondary N) is 2. The van der Waals surface area contributed by atoms with Crippen LogP contribution in [0.1, 0.15) is 19.4 Å². The Labute approximate surface area is 140 Å². The second kappa shape index (κ2) is 8.58. The minimum atomic E-state index is -1.15. The highest BCUT2D eigenvalue weighted by Gasteiger charge is 2.24. The lowest BCUT2D eigenvalue weighted by molar-refractivity contribution is -0.142. The first-order valence-corrected chi connectivity index (χ1v) is 7.35. The highest BCUT2D eigenvalue weighted by molar-refractivity contribution is 5.99.